The van der Waals surface area contributed by atoms with Gasteiger partial charge in [0.05, 0.1) is 18.8 Å². The van der Waals surface area contributed by atoms with Gasteiger partial charge in [0.2, 0.25) is 5.91 Å². The summed E-state index contributed by atoms with van der Waals surface area (Å²) in [6, 6.07) is -0.528. The molecule has 0 radical (unpaired) electrons. The molecule has 0 aromatic carbocycles. The van der Waals surface area contributed by atoms with Gasteiger partial charge in [-0.25, -0.2) is 0 Å². The molecule has 2 atom stereocenters. The van der Waals surface area contributed by atoms with Crippen molar-refractivity contribution in [1.82, 2.24) is 5.32 Å². The minimum Gasteiger partial charge on any atom is -0.394 e. The maximum Gasteiger partial charge on any atom is 0.220 e. The maximum atomic E-state index is 12.3. The first kappa shape index (κ1) is 46.4. The molecule has 0 fully saturated rings. The molecule has 4 heteroatoms. The van der Waals surface area contributed by atoms with Gasteiger partial charge in [-0.3, -0.25) is 4.79 Å². The Labute approximate surface area is 295 Å². The Balaban J connectivity index is 3.43. The SMILES string of the molecule is CCCCCCCCCCCCCCCCCCCCCCCCCC(O)C(CO)NC(=O)CCCCCCCCCCCCCC. The van der Waals surface area contributed by atoms with E-state index in [0.29, 0.717) is 12.8 Å². The molecule has 282 valence electrons. The first-order chi connectivity index (χ1) is 23.2. The summed E-state index contributed by atoms with van der Waals surface area (Å²) in [7, 11) is 0. The summed E-state index contributed by atoms with van der Waals surface area (Å²) in [5.74, 6) is -0.0282. The number of amides is 1. The number of hydrogen-bond donors (Lipinski definition) is 3. The average molecular weight is 666 g/mol. The van der Waals surface area contributed by atoms with Gasteiger partial charge >= 0.3 is 0 Å². The van der Waals surface area contributed by atoms with Crippen LogP contribution in [0.2, 0.25) is 0 Å². The second-order valence-electron chi connectivity index (χ2n) is 15.1. The van der Waals surface area contributed by atoms with Gasteiger partial charge in [-0.15, -0.1) is 0 Å². The molecule has 0 aromatic heterocycles. The van der Waals surface area contributed by atoms with E-state index >= 15 is 0 Å². The smallest absolute Gasteiger partial charge is 0.220 e. The summed E-state index contributed by atoms with van der Waals surface area (Å²) in [4.78, 5) is 12.3. The molecule has 3 N–H and O–H groups in total. The third-order valence-electron chi connectivity index (χ3n) is 10.4. The Morgan fingerprint density at radius 3 is 0.957 bits per heavy atom. The summed E-state index contributed by atoms with van der Waals surface area (Å²) < 4.78 is 0. The minimum atomic E-state index is -0.652. The quantitative estimate of drug-likeness (QED) is 0.0570. The molecule has 0 aliphatic heterocycles. The van der Waals surface area contributed by atoms with Crippen molar-refractivity contribution in [2.75, 3.05) is 6.61 Å². The fourth-order valence-electron chi connectivity index (χ4n) is 7.01. The highest BCUT2D eigenvalue weighted by atomic mass is 16.3. The lowest BCUT2D eigenvalue weighted by Crippen LogP contribution is -2.45. The van der Waals surface area contributed by atoms with E-state index in [1.165, 1.54) is 199 Å². The molecule has 0 heterocycles. The third kappa shape index (κ3) is 36.5. The Kier molecular flexibility index (Phi) is 39.3. The topological polar surface area (TPSA) is 69.6 Å². The van der Waals surface area contributed by atoms with Crippen molar-refractivity contribution < 1.29 is 15.0 Å². The molecule has 0 bridgehead atoms. The van der Waals surface area contributed by atoms with Crippen LogP contribution >= 0.6 is 0 Å². The Bertz CT molecular complexity index is 598. The molecular weight excluding hydrogens is 578 g/mol. The highest BCUT2D eigenvalue weighted by Crippen LogP contribution is 2.17. The van der Waals surface area contributed by atoms with E-state index in [1.54, 1.807) is 0 Å². The van der Waals surface area contributed by atoms with Crippen molar-refractivity contribution in [3.63, 3.8) is 0 Å². The van der Waals surface area contributed by atoms with Crippen molar-refractivity contribution in [3.05, 3.63) is 0 Å². The fraction of sp³-hybridized carbons (Fsp3) is 0.977. The molecule has 2 unspecified atom stereocenters. The van der Waals surface area contributed by atoms with Crippen LogP contribution in [0.1, 0.15) is 251 Å². The Morgan fingerprint density at radius 1 is 0.426 bits per heavy atom. The normalized spacial score (nSPS) is 12.9. The monoisotopic (exact) mass is 666 g/mol. The summed E-state index contributed by atoms with van der Waals surface area (Å²) in [6.45, 7) is 4.37. The van der Waals surface area contributed by atoms with Gasteiger partial charge in [-0.1, -0.05) is 232 Å². The number of hydrogen-bond acceptors (Lipinski definition) is 3. The molecule has 4 nitrogen and oxygen atoms in total. The van der Waals surface area contributed by atoms with Crippen LogP contribution in [0.5, 0.6) is 0 Å². The molecule has 0 saturated heterocycles. The zero-order valence-corrected chi connectivity index (χ0v) is 32.3. The number of carbonyl (C=O) groups is 1. The van der Waals surface area contributed by atoms with Crippen LogP contribution in [-0.2, 0) is 4.79 Å². The Hall–Kier alpha value is -0.610. The molecule has 1 amide bonds. The van der Waals surface area contributed by atoms with Gasteiger partial charge in [0, 0.05) is 6.42 Å². The zero-order chi connectivity index (χ0) is 34.3. The lowest BCUT2D eigenvalue weighted by molar-refractivity contribution is -0.123. The van der Waals surface area contributed by atoms with Gasteiger partial charge in [-0.2, -0.15) is 0 Å². The molecule has 0 aromatic rings. The second kappa shape index (κ2) is 39.8. The first-order valence-electron chi connectivity index (χ1n) is 21.7. The molecule has 0 spiro atoms. The zero-order valence-electron chi connectivity index (χ0n) is 32.3. The van der Waals surface area contributed by atoms with E-state index < -0.39 is 12.1 Å². The molecule has 0 aliphatic rings. The predicted molar refractivity (Wildman–Crippen MR) is 207 cm³/mol. The number of aliphatic hydroxyl groups is 2. The van der Waals surface area contributed by atoms with Crippen LogP contribution in [0, 0.1) is 0 Å². The van der Waals surface area contributed by atoms with E-state index in [0.717, 1.165) is 25.7 Å². The number of rotatable bonds is 40. The van der Waals surface area contributed by atoms with E-state index in [9.17, 15) is 15.0 Å². The number of nitrogens with one attached hydrogen (secondary N) is 1. The second-order valence-corrected chi connectivity index (χ2v) is 15.1. The summed E-state index contributed by atoms with van der Waals surface area (Å²) in [5.41, 5.74) is 0. The number of unbranched alkanes of at least 4 members (excludes halogenated alkanes) is 33. The van der Waals surface area contributed by atoms with Crippen LogP contribution in [-0.4, -0.2) is 34.9 Å². The lowest BCUT2D eigenvalue weighted by atomic mass is 10.0. The van der Waals surface area contributed by atoms with Gasteiger partial charge in [0.1, 0.15) is 0 Å². The van der Waals surface area contributed by atoms with Crippen LogP contribution < -0.4 is 5.32 Å². The molecular formula is C43H87NO3. The van der Waals surface area contributed by atoms with Crippen molar-refractivity contribution in [3.8, 4) is 0 Å². The highest BCUT2D eigenvalue weighted by molar-refractivity contribution is 5.76. The summed E-state index contributed by atoms with van der Waals surface area (Å²) >= 11 is 0. The lowest BCUT2D eigenvalue weighted by Gasteiger charge is -2.22. The molecule has 0 rings (SSSR count). The van der Waals surface area contributed by atoms with Crippen LogP contribution in [0.25, 0.3) is 0 Å². The van der Waals surface area contributed by atoms with Crippen LogP contribution in [0.15, 0.2) is 0 Å². The van der Waals surface area contributed by atoms with E-state index in [2.05, 4.69) is 19.2 Å². The predicted octanol–water partition coefficient (Wildman–Crippen LogP) is 13.3. The molecule has 0 saturated carbocycles. The van der Waals surface area contributed by atoms with E-state index in [1.807, 2.05) is 0 Å². The van der Waals surface area contributed by atoms with Crippen molar-refractivity contribution in [2.24, 2.45) is 0 Å². The first-order valence-corrected chi connectivity index (χ1v) is 21.7. The summed E-state index contributed by atoms with van der Waals surface area (Å²) in [6.07, 6.45) is 47.5. The van der Waals surface area contributed by atoms with E-state index in [4.69, 9.17) is 0 Å². The van der Waals surface area contributed by atoms with Gasteiger partial charge in [0.15, 0.2) is 0 Å². The largest absolute Gasteiger partial charge is 0.394 e. The fourth-order valence-corrected chi connectivity index (χ4v) is 7.01. The third-order valence-corrected chi connectivity index (χ3v) is 10.4. The molecule has 47 heavy (non-hydrogen) atoms. The van der Waals surface area contributed by atoms with E-state index in [-0.39, 0.29) is 12.5 Å². The number of aliphatic hydroxyl groups excluding tert-OH is 2. The average Bonchev–Trinajstić information content (AvgIpc) is 3.07. The summed E-state index contributed by atoms with van der Waals surface area (Å²) in [5, 5.41) is 23.1. The van der Waals surface area contributed by atoms with Gasteiger partial charge in [-0.05, 0) is 12.8 Å². The Morgan fingerprint density at radius 2 is 0.681 bits per heavy atom. The van der Waals surface area contributed by atoms with Gasteiger partial charge < -0.3 is 15.5 Å². The maximum absolute atomic E-state index is 12.3. The van der Waals surface area contributed by atoms with Gasteiger partial charge in [0.25, 0.3) is 0 Å². The van der Waals surface area contributed by atoms with Crippen LogP contribution in [0.3, 0.4) is 0 Å². The van der Waals surface area contributed by atoms with Crippen LogP contribution in [0.4, 0.5) is 0 Å². The van der Waals surface area contributed by atoms with Crippen molar-refractivity contribution in [2.45, 2.75) is 264 Å². The van der Waals surface area contributed by atoms with Crippen molar-refractivity contribution >= 4 is 5.91 Å². The minimum absolute atomic E-state index is 0.0282. The standard InChI is InChI=1S/C43H87NO3/c1-3-5-7-9-11-13-15-17-18-19-20-21-22-23-24-25-26-27-28-30-32-34-36-38-42(46)41(40-45)44-43(47)39-37-35-33-31-29-16-14-12-10-8-6-4-2/h41-42,45-46H,3-40H2,1-2H3,(H,44,47). The molecule has 0 aliphatic carbocycles. The van der Waals surface area contributed by atoms with Crippen molar-refractivity contribution in [1.29, 1.82) is 0 Å². The number of carbonyl (C=O) groups excluding carboxylic acids is 1. The highest BCUT2D eigenvalue weighted by Gasteiger charge is 2.20.